The molecule has 0 atom stereocenters. The Bertz CT molecular complexity index is 698. The average molecular weight is 270 g/mol. The van der Waals surface area contributed by atoms with E-state index in [1.54, 1.807) is 12.4 Å². The lowest BCUT2D eigenvalue weighted by atomic mass is 10.2. The Morgan fingerprint density at radius 1 is 1.11 bits per heavy atom. The number of rotatable bonds is 3. The van der Waals surface area contributed by atoms with Gasteiger partial charge >= 0.3 is 0 Å². The molecular formula is C15H12ClN3. The molecule has 3 nitrogen and oxygen atoms in total. The molecule has 1 N–H and O–H groups in total. The van der Waals surface area contributed by atoms with Crippen molar-refractivity contribution in [3.8, 4) is 0 Å². The summed E-state index contributed by atoms with van der Waals surface area (Å²) in [6.45, 7) is 0.722. The van der Waals surface area contributed by atoms with Gasteiger partial charge in [-0.25, -0.2) is 0 Å². The van der Waals surface area contributed by atoms with Gasteiger partial charge < -0.3 is 5.32 Å². The van der Waals surface area contributed by atoms with Gasteiger partial charge in [-0.2, -0.15) is 0 Å². The summed E-state index contributed by atoms with van der Waals surface area (Å²) in [6.07, 6.45) is 5.41. The molecule has 0 aliphatic carbocycles. The first-order valence-electron chi connectivity index (χ1n) is 6.00. The molecule has 0 unspecified atom stereocenters. The summed E-state index contributed by atoms with van der Waals surface area (Å²) in [5.41, 5.74) is 3.09. The van der Waals surface area contributed by atoms with E-state index in [2.05, 4.69) is 15.3 Å². The molecule has 0 saturated carbocycles. The molecule has 2 heterocycles. The summed E-state index contributed by atoms with van der Waals surface area (Å²) in [6, 6.07) is 11.6. The van der Waals surface area contributed by atoms with Crippen molar-refractivity contribution < 1.29 is 0 Å². The number of nitrogens with zero attached hydrogens (tertiary/aromatic N) is 2. The molecule has 0 amide bonds. The second-order valence-electron chi connectivity index (χ2n) is 4.23. The van der Waals surface area contributed by atoms with Crippen LogP contribution in [0.1, 0.15) is 5.56 Å². The lowest BCUT2D eigenvalue weighted by Gasteiger charge is -2.09. The fourth-order valence-corrected chi connectivity index (χ4v) is 2.14. The largest absolute Gasteiger partial charge is 0.380 e. The predicted molar refractivity (Wildman–Crippen MR) is 78.3 cm³/mol. The maximum Gasteiger partial charge on any atom is 0.0723 e. The highest BCUT2D eigenvalue weighted by atomic mass is 35.5. The topological polar surface area (TPSA) is 37.8 Å². The van der Waals surface area contributed by atoms with Crippen LogP contribution >= 0.6 is 11.6 Å². The van der Waals surface area contributed by atoms with E-state index in [0.29, 0.717) is 5.02 Å². The predicted octanol–water partition coefficient (Wildman–Crippen LogP) is 3.90. The van der Waals surface area contributed by atoms with Gasteiger partial charge in [0.15, 0.2) is 0 Å². The lowest BCUT2D eigenvalue weighted by Crippen LogP contribution is -2.00. The molecular weight excluding hydrogens is 258 g/mol. The summed E-state index contributed by atoms with van der Waals surface area (Å²) in [5.74, 6) is 0. The van der Waals surface area contributed by atoms with Crippen molar-refractivity contribution in [2.45, 2.75) is 6.54 Å². The highest BCUT2D eigenvalue weighted by Crippen LogP contribution is 2.25. The minimum atomic E-state index is 0.713. The van der Waals surface area contributed by atoms with E-state index in [0.717, 1.165) is 28.7 Å². The van der Waals surface area contributed by atoms with E-state index in [1.165, 1.54) is 0 Å². The average Bonchev–Trinajstić information content (AvgIpc) is 2.46. The molecule has 3 aromatic rings. The van der Waals surface area contributed by atoms with Gasteiger partial charge in [0.05, 0.1) is 5.52 Å². The third-order valence-electron chi connectivity index (χ3n) is 2.91. The minimum absolute atomic E-state index is 0.713. The molecule has 2 aromatic heterocycles. The first-order chi connectivity index (χ1) is 9.33. The molecule has 19 heavy (non-hydrogen) atoms. The Morgan fingerprint density at radius 3 is 2.89 bits per heavy atom. The first-order valence-corrected chi connectivity index (χ1v) is 6.38. The summed E-state index contributed by atoms with van der Waals surface area (Å²) in [5, 5.41) is 5.13. The Hall–Kier alpha value is -2.13. The Morgan fingerprint density at radius 2 is 2.05 bits per heavy atom. The van der Waals surface area contributed by atoms with Gasteiger partial charge in [-0.3, -0.25) is 9.97 Å². The number of fused-ring (bicyclic) bond motifs is 1. The number of anilines is 1. The van der Waals surface area contributed by atoms with Crippen LogP contribution in [0.15, 0.2) is 55.0 Å². The fourth-order valence-electron chi connectivity index (χ4n) is 1.97. The maximum atomic E-state index is 6.04. The third-order valence-corrected chi connectivity index (χ3v) is 3.14. The molecule has 0 saturated heterocycles. The standard InChI is InChI=1S/C15H12ClN3/c16-12-3-4-14-13(8-12)15(5-7-18-14)19-10-11-2-1-6-17-9-11/h1-9H,10H2,(H,18,19). The number of halogens is 1. The van der Waals surface area contributed by atoms with Gasteiger partial charge in [0.2, 0.25) is 0 Å². The molecule has 0 bridgehead atoms. The van der Waals surface area contributed by atoms with Crippen LogP contribution in [-0.4, -0.2) is 9.97 Å². The Balaban J connectivity index is 1.90. The van der Waals surface area contributed by atoms with E-state index < -0.39 is 0 Å². The van der Waals surface area contributed by atoms with Crippen molar-refractivity contribution in [2.24, 2.45) is 0 Å². The van der Waals surface area contributed by atoms with Gasteiger partial charge in [0.25, 0.3) is 0 Å². The zero-order valence-electron chi connectivity index (χ0n) is 10.2. The number of benzene rings is 1. The monoisotopic (exact) mass is 269 g/mol. The van der Waals surface area contributed by atoms with Crippen LogP contribution in [0.4, 0.5) is 5.69 Å². The molecule has 94 valence electrons. The zero-order chi connectivity index (χ0) is 13.1. The van der Waals surface area contributed by atoms with Crippen molar-refractivity contribution in [2.75, 3.05) is 5.32 Å². The number of hydrogen-bond acceptors (Lipinski definition) is 3. The molecule has 1 aromatic carbocycles. The fraction of sp³-hybridized carbons (Fsp3) is 0.0667. The number of hydrogen-bond donors (Lipinski definition) is 1. The Labute approximate surface area is 116 Å². The van der Waals surface area contributed by atoms with Crippen molar-refractivity contribution >= 4 is 28.2 Å². The summed E-state index contributed by atoms with van der Waals surface area (Å²) in [7, 11) is 0. The molecule has 0 aliphatic heterocycles. The van der Waals surface area contributed by atoms with Gasteiger partial charge in [0, 0.05) is 41.2 Å². The maximum absolute atomic E-state index is 6.04. The first kappa shape index (κ1) is 11.9. The van der Waals surface area contributed by atoms with E-state index >= 15 is 0 Å². The molecule has 0 fully saturated rings. The van der Waals surface area contributed by atoms with Crippen molar-refractivity contribution in [3.05, 3.63) is 65.6 Å². The number of pyridine rings is 2. The zero-order valence-corrected chi connectivity index (χ0v) is 10.9. The van der Waals surface area contributed by atoms with Crippen LogP contribution in [0.5, 0.6) is 0 Å². The van der Waals surface area contributed by atoms with Crippen LogP contribution in [0.2, 0.25) is 5.02 Å². The van der Waals surface area contributed by atoms with Crippen molar-refractivity contribution in [1.82, 2.24) is 9.97 Å². The lowest BCUT2D eigenvalue weighted by molar-refractivity contribution is 1.11. The van der Waals surface area contributed by atoms with Gasteiger partial charge in [-0.05, 0) is 35.9 Å². The van der Waals surface area contributed by atoms with Crippen LogP contribution < -0.4 is 5.32 Å². The molecule has 3 rings (SSSR count). The van der Waals surface area contributed by atoms with Crippen LogP contribution in [-0.2, 0) is 6.54 Å². The molecule has 0 spiro atoms. The van der Waals surface area contributed by atoms with Crippen LogP contribution in [0.3, 0.4) is 0 Å². The van der Waals surface area contributed by atoms with Gasteiger partial charge in [-0.15, -0.1) is 0 Å². The van der Waals surface area contributed by atoms with Crippen molar-refractivity contribution in [3.63, 3.8) is 0 Å². The quantitative estimate of drug-likeness (QED) is 0.784. The highest BCUT2D eigenvalue weighted by molar-refractivity contribution is 6.31. The number of nitrogens with one attached hydrogen (secondary N) is 1. The summed E-state index contributed by atoms with van der Waals surface area (Å²) >= 11 is 6.04. The highest BCUT2D eigenvalue weighted by Gasteiger charge is 2.02. The number of aromatic nitrogens is 2. The van der Waals surface area contributed by atoms with Crippen LogP contribution in [0, 0.1) is 0 Å². The van der Waals surface area contributed by atoms with E-state index in [9.17, 15) is 0 Å². The SMILES string of the molecule is Clc1ccc2nccc(NCc3cccnc3)c2c1. The smallest absolute Gasteiger partial charge is 0.0723 e. The van der Waals surface area contributed by atoms with E-state index in [1.807, 2.05) is 42.6 Å². The molecule has 0 radical (unpaired) electrons. The molecule has 0 aliphatic rings. The third kappa shape index (κ3) is 2.66. The van der Waals surface area contributed by atoms with Crippen LogP contribution in [0.25, 0.3) is 10.9 Å². The van der Waals surface area contributed by atoms with Gasteiger partial charge in [0.1, 0.15) is 0 Å². The van der Waals surface area contributed by atoms with E-state index in [-0.39, 0.29) is 0 Å². The minimum Gasteiger partial charge on any atom is -0.380 e. The van der Waals surface area contributed by atoms with Gasteiger partial charge in [-0.1, -0.05) is 17.7 Å². The second-order valence-corrected chi connectivity index (χ2v) is 4.67. The van der Waals surface area contributed by atoms with Crippen molar-refractivity contribution in [1.29, 1.82) is 0 Å². The Kier molecular flexibility index (Phi) is 3.29. The summed E-state index contributed by atoms with van der Waals surface area (Å²) in [4.78, 5) is 8.43. The second kappa shape index (κ2) is 5.24. The normalized spacial score (nSPS) is 10.6. The van der Waals surface area contributed by atoms with E-state index in [4.69, 9.17) is 11.6 Å². The summed E-state index contributed by atoms with van der Waals surface area (Å²) < 4.78 is 0. The molecule has 4 heteroatoms.